The Morgan fingerprint density at radius 3 is 2.73 bits per heavy atom. The van der Waals surface area contributed by atoms with Gasteiger partial charge in [0.15, 0.2) is 5.82 Å². The summed E-state index contributed by atoms with van der Waals surface area (Å²) >= 11 is 0. The first-order chi connectivity index (χ1) is 10.7. The van der Waals surface area contributed by atoms with Crippen molar-refractivity contribution in [2.75, 3.05) is 11.9 Å². The zero-order chi connectivity index (χ0) is 15.4. The SMILES string of the molecule is Cc1ccn(-c2ccc(NCCc3cccc(O)c3)nn2)n1. The number of nitrogens with zero attached hydrogens (tertiary/aromatic N) is 4. The number of hydrogen-bond acceptors (Lipinski definition) is 5. The number of benzene rings is 1. The molecule has 0 amide bonds. The number of nitrogens with one attached hydrogen (secondary N) is 1. The van der Waals surface area contributed by atoms with Gasteiger partial charge in [0, 0.05) is 12.7 Å². The third-order valence-electron chi connectivity index (χ3n) is 3.24. The van der Waals surface area contributed by atoms with Crippen LogP contribution in [0.15, 0.2) is 48.7 Å². The smallest absolute Gasteiger partial charge is 0.175 e. The van der Waals surface area contributed by atoms with Crippen molar-refractivity contribution >= 4 is 5.82 Å². The average molecular weight is 295 g/mol. The standard InChI is InChI=1S/C16H17N5O/c1-12-8-10-21(20-12)16-6-5-15(18-19-16)17-9-7-13-3-2-4-14(22)11-13/h2-6,8,10-11,22H,7,9H2,1H3,(H,17,18). The summed E-state index contributed by atoms with van der Waals surface area (Å²) in [4.78, 5) is 0. The number of rotatable bonds is 5. The monoisotopic (exact) mass is 295 g/mol. The summed E-state index contributed by atoms with van der Waals surface area (Å²) in [7, 11) is 0. The van der Waals surface area contributed by atoms with Crippen molar-refractivity contribution in [3.05, 3.63) is 59.9 Å². The van der Waals surface area contributed by atoms with Crippen LogP contribution in [-0.2, 0) is 6.42 Å². The van der Waals surface area contributed by atoms with Crippen LogP contribution in [0.25, 0.3) is 5.82 Å². The van der Waals surface area contributed by atoms with E-state index in [2.05, 4.69) is 20.6 Å². The van der Waals surface area contributed by atoms with Gasteiger partial charge in [0.2, 0.25) is 0 Å². The Hall–Kier alpha value is -2.89. The molecular weight excluding hydrogens is 278 g/mol. The fraction of sp³-hybridized carbons (Fsp3) is 0.188. The third kappa shape index (κ3) is 3.41. The predicted molar refractivity (Wildman–Crippen MR) is 84.2 cm³/mol. The molecule has 0 spiro atoms. The molecule has 0 aliphatic heterocycles. The normalized spacial score (nSPS) is 10.6. The van der Waals surface area contributed by atoms with Crippen LogP contribution in [0.4, 0.5) is 5.82 Å². The van der Waals surface area contributed by atoms with Gasteiger partial charge in [0.05, 0.1) is 5.69 Å². The Labute approximate surface area is 128 Å². The maximum Gasteiger partial charge on any atom is 0.175 e. The van der Waals surface area contributed by atoms with Gasteiger partial charge >= 0.3 is 0 Å². The zero-order valence-corrected chi connectivity index (χ0v) is 12.3. The fourth-order valence-corrected chi connectivity index (χ4v) is 2.13. The predicted octanol–water partition coefficient (Wildman–Crippen LogP) is 2.33. The van der Waals surface area contributed by atoms with Gasteiger partial charge in [0.25, 0.3) is 0 Å². The molecule has 3 aromatic rings. The molecule has 2 N–H and O–H groups in total. The Bertz CT molecular complexity index is 751. The maximum atomic E-state index is 9.42. The Kier molecular flexibility index (Phi) is 4.00. The lowest BCUT2D eigenvalue weighted by Crippen LogP contribution is -2.08. The Morgan fingerprint density at radius 2 is 2.05 bits per heavy atom. The lowest BCUT2D eigenvalue weighted by atomic mass is 10.1. The van der Waals surface area contributed by atoms with E-state index in [1.165, 1.54) is 0 Å². The molecule has 0 aliphatic carbocycles. The molecule has 2 aromatic heterocycles. The van der Waals surface area contributed by atoms with Crippen LogP contribution < -0.4 is 5.32 Å². The van der Waals surface area contributed by atoms with Gasteiger partial charge in [0.1, 0.15) is 11.6 Å². The molecule has 6 heteroatoms. The van der Waals surface area contributed by atoms with E-state index in [1.54, 1.807) is 16.8 Å². The summed E-state index contributed by atoms with van der Waals surface area (Å²) in [6.07, 6.45) is 2.66. The second-order valence-corrected chi connectivity index (χ2v) is 5.03. The minimum atomic E-state index is 0.288. The van der Waals surface area contributed by atoms with E-state index in [1.807, 2.05) is 43.5 Å². The van der Waals surface area contributed by atoms with E-state index in [0.29, 0.717) is 11.6 Å². The van der Waals surface area contributed by atoms with Gasteiger partial charge in [-0.05, 0) is 49.2 Å². The molecule has 0 radical (unpaired) electrons. The molecule has 112 valence electrons. The molecule has 22 heavy (non-hydrogen) atoms. The van der Waals surface area contributed by atoms with Gasteiger partial charge in [-0.2, -0.15) is 5.10 Å². The topological polar surface area (TPSA) is 75.9 Å². The molecule has 0 bridgehead atoms. The molecule has 0 saturated heterocycles. The van der Waals surface area contributed by atoms with Crippen molar-refractivity contribution in [3.63, 3.8) is 0 Å². The molecule has 0 atom stereocenters. The highest BCUT2D eigenvalue weighted by Gasteiger charge is 2.02. The summed E-state index contributed by atoms with van der Waals surface area (Å²) in [5.41, 5.74) is 2.01. The Balaban J connectivity index is 1.57. The highest BCUT2D eigenvalue weighted by atomic mass is 16.3. The molecular formula is C16H17N5O. The van der Waals surface area contributed by atoms with Crippen LogP contribution in [0, 0.1) is 6.92 Å². The number of phenols is 1. The molecule has 3 rings (SSSR count). The van der Waals surface area contributed by atoms with E-state index in [0.717, 1.165) is 24.2 Å². The second kappa shape index (κ2) is 6.26. The summed E-state index contributed by atoms with van der Waals surface area (Å²) < 4.78 is 1.69. The van der Waals surface area contributed by atoms with Gasteiger partial charge in [-0.15, -0.1) is 10.2 Å². The van der Waals surface area contributed by atoms with E-state index in [9.17, 15) is 5.11 Å². The van der Waals surface area contributed by atoms with Crippen molar-refractivity contribution in [2.24, 2.45) is 0 Å². The highest BCUT2D eigenvalue weighted by molar-refractivity contribution is 5.36. The first kappa shape index (κ1) is 14.1. The van der Waals surface area contributed by atoms with Crippen LogP contribution in [0.5, 0.6) is 5.75 Å². The summed E-state index contributed by atoms with van der Waals surface area (Å²) in [5, 5.41) is 25.2. The number of aromatic hydroxyl groups is 1. The minimum Gasteiger partial charge on any atom is -0.508 e. The molecule has 6 nitrogen and oxygen atoms in total. The van der Waals surface area contributed by atoms with Crippen LogP contribution in [-0.4, -0.2) is 31.6 Å². The van der Waals surface area contributed by atoms with Crippen molar-refractivity contribution in [2.45, 2.75) is 13.3 Å². The van der Waals surface area contributed by atoms with Crippen LogP contribution in [0.1, 0.15) is 11.3 Å². The summed E-state index contributed by atoms with van der Waals surface area (Å²) in [5.74, 6) is 1.69. The Morgan fingerprint density at radius 1 is 1.14 bits per heavy atom. The quantitative estimate of drug-likeness (QED) is 0.755. The third-order valence-corrected chi connectivity index (χ3v) is 3.24. The molecule has 0 aliphatic rings. The van der Waals surface area contributed by atoms with Gasteiger partial charge in [-0.25, -0.2) is 4.68 Å². The summed E-state index contributed by atoms with van der Waals surface area (Å²) in [6, 6.07) is 12.9. The number of aryl methyl sites for hydroxylation is 1. The molecule has 0 unspecified atom stereocenters. The number of hydrogen-bond donors (Lipinski definition) is 2. The lowest BCUT2D eigenvalue weighted by molar-refractivity contribution is 0.474. The van der Waals surface area contributed by atoms with Crippen LogP contribution >= 0.6 is 0 Å². The second-order valence-electron chi connectivity index (χ2n) is 5.03. The minimum absolute atomic E-state index is 0.288. The van der Waals surface area contributed by atoms with Gasteiger partial charge < -0.3 is 10.4 Å². The average Bonchev–Trinajstić information content (AvgIpc) is 2.95. The zero-order valence-electron chi connectivity index (χ0n) is 12.3. The largest absolute Gasteiger partial charge is 0.508 e. The molecule has 2 heterocycles. The van der Waals surface area contributed by atoms with E-state index in [-0.39, 0.29) is 5.75 Å². The first-order valence-corrected chi connectivity index (χ1v) is 7.09. The van der Waals surface area contributed by atoms with Crippen molar-refractivity contribution in [1.82, 2.24) is 20.0 Å². The van der Waals surface area contributed by atoms with Gasteiger partial charge in [-0.3, -0.25) is 0 Å². The molecule has 0 saturated carbocycles. The maximum absolute atomic E-state index is 9.42. The number of phenolic OH excluding ortho intramolecular Hbond substituents is 1. The van der Waals surface area contributed by atoms with Gasteiger partial charge in [-0.1, -0.05) is 12.1 Å². The number of anilines is 1. The molecule has 1 aromatic carbocycles. The number of aromatic nitrogens is 4. The molecule has 0 fully saturated rings. The van der Waals surface area contributed by atoms with Crippen LogP contribution in [0.3, 0.4) is 0 Å². The fourth-order valence-electron chi connectivity index (χ4n) is 2.13. The lowest BCUT2D eigenvalue weighted by Gasteiger charge is -2.06. The van der Waals surface area contributed by atoms with Crippen molar-refractivity contribution < 1.29 is 5.11 Å². The van der Waals surface area contributed by atoms with Crippen molar-refractivity contribution in [1.29, 1.82) is 0 Å². The summed E-state index contributed by atoms with van der Waals surface area (Å²) in [6.45, 7) is 2.65. The first-order valence-electron chi connectivity index (χ1n) is 7.09. The van der Waals surface area contributed by atoms with E-state index in [4.69, 9.17) is 0 Å². The van der Waals surface area contributed by atoms with Crippen molar-refractivity contribution in [3.8, 4) is 11.6 Å². The van der Waals surface area contributed by atoms with E-state index < -0.39 is 0 Å². The highest BCUT2D eigenvalue weighted by Crippen LogP contribution is 2.12. The van der Waals surface area contributed by atoms with E-state index >= 15 is 0 Å². The van der Waals surface area contributed by atoms with Crippen LogP contribution in [0.2, 0.25) is 0 Å².